The molecule has 0 saturated heterocycles. The zero-order valence-corrected chi connectivity index (χ0v) is 16.0. The summed E-state index contributed by atoms with van der Waals surface area (Å²) in [5.74, 6) is 0.894. The highest BCUT2D eigenvalue weighted by Gasteiger charge is 2.36. The molecule has 2 N–H and O–H groups in total. The summed E-state index contributed by atoms with van der Waals surface area (Å²) in [7, 11) is 3.61. The minimum atomic E-state index is 0. The molecule has 0 unspecified atom stereocenters. The van der Waals surface area contributed by atoms with Gasteiger partial charge in [-0.2, -0.15) is 0 Å². The Morgan fingerprint density at radius 3 is 2.55 bits per heavy atom. The van der Waals surface area contributed by atoms with Crippen molar-refractivity contribution in [2.75, 3.05) is 33.9 Å². The molecule has 22 heavy (non-hydrogen) atoms. The second kappa shape index (κ2) is 10.1. The third-order valence-electron chi connectivity index (χ3n) is 4.43. The maximum Gasteiger partial charge on any atom is 0.191 e. The number of halogens is 1. The van der Waals surface area contributed by atoms with E-state index in [0.29, 0.717) is 5.41 Å². The fourth-order valence-electron chi connectivity index (χ4n) is 2.82. The number of hydrogen-bond donors (Lipinski definition) is 2. The monoisotopic (exact) mass is 420 g/mol. The molecule has 0 spiro atoms. The molecule has 126 valence electrons. The molecule has 0 bridgehead atoms. The number of guanidine groups is 1. The van der Waals surface area contributed by atoms with E-state index in [1.165, 1.54) is 19.3 Å². The van der Waals surface area contributed by atoms with E-state index in [2.05, 4.69) is 32.6 Å². The Morgan fingerprint density at radius 1 is 1.27 bits per heavy atom. The molecule has 1 aliphatic carbocycles. The Balaban J connectivity index is 0.00000242. The number of aliphatic imine (C=N–C) groups is 1. The van der Waals surface area contributed by atoms with Crippen molar-refractivity contribution in [1.82, 2.24) is 15.2 Å². The van der Waals surface area contributed by atoms with E-state index >= 15 is 0 Å². The highest BCUT2D eigenvalue weighted by molar-refractivity contribution is 14.0. The highest BCUT2D eigenvalue weighted by Crippen LogP contribution is 2.43. The molecule has 5 nitrogen and oxygen atoms in total. The van der Waals surface area contributed by atoms with Crippen LogP contribution in [0.5, 0.6) is 0 Å². The van der Waals surface area contributed by atoms with Crippen LogP contribution < -0.4 is 10.6 Å². The van der Waals surface area contributed by atoms with Crippen molar-refractivity contribution in [3.63, 3.8) is 0 Å². The summed E-state index contributed by atoms with van der Waals surface area (Å²) in [5.41, 5.74) is 0.411. The van der Waals surface area contributed by atoms with Crippen LogP contribution in [0.25, 0.3) is 0 Å². The molecule has 1 aliphatic rings. The third-order valence-corrected chi connectivity index (χ3v) is 4.43. The lowest BCUT2D eigenvalue weighted by Gasteiger charge is -2.42. The van der Waals surface area contributed by atoms with Gasteiger partial charge in [0.25, 0.3) is 0 Å². The Bertz CT molecular complexity index is 429. The van der Waals surface area contributed by atoms with Gasteiger partial charge in [0, 0.05) is 52.8 Å². The second-order valence-electron chi connectivity index (χ2n) is 5.87. The molecule has 1 aromatic rings. The van der Waals surface area contributed by atoms with Crippen molar-refractivity contribution in [1.29, 1.82) is 0 Å². The first-order valence-electron chi connectivity index (χ1n) is 7.82. The zero-order valence-electron chi connectivity index (χ0n) is 13.7. The molecule has 6 heteroatoms. The van der Waals surface area contributed by atoms with E-state index in [0.717, 1.165) is 38.6 Å². The van der Waals surface area contributed by atoms with Crippen LogP contribution in [0.1, 0.15) is 25.7 Å². The lowest BCUT2D eigenvalue weighted by Crippen LogP contribution is -2.47. The fourth-order valence-corrected chi connectivity index (χ4v) is 2.82. The van der Waals surface area contributed by atoms with Crippen LogP contribution in [0.2, 0.25) is 0 Å². The van der Waals surface area contributed by atoms with Crippen molar-refractivity contribution in [2.24, 2.45) is 10.4 Å². The summed E-state index contributed by atoms with van der Waals surface area (Å²) in [6, 6.07) is 4.09. The van der Waals surface area contributed by atoms with E-state index in [1.54, 1.807) is 7.11 Å². The van der Waals surface area contributed by atoms with E-state index in [4.69, 9.17) is 4.74 Å². The largest absolute Gasteiger partial charge is 0.385 e. The lowest BCUT2D eigenvalue weighted by molar-refractivity contribution is 0.0732. The van der Waals surface area contributed by atoms with Gasteiger partial charge in [0.05, 0.1) is 0 Å². The van der Waals surface area contributed by atoms with Crippen molar-refractivity contribution in [3.05, 3.63) is 24.5 Å². The minimum Gasteiger partial charge on any atom is -0.385 e. The van der Waals surface area contributed by atoms with Gasteiger partial charge >= 0.3 is 0 Å². The molecule has 0 radical (unpaired) electrons. The average Bonchev–Trinajstić information content (AvgIpc) is 2.97. The van der Waals surface area contributed by atoms with Gasteiger partial charge in [0.2, 0.25) is 0 Å². The highest BCUT2D eigenvalue weighted by atomic mass is 127. The predicted octanol–water partition coefficient (Wildman–Crippen LogP) is 2.48. The molecule has 2 rings (SSSR count). The van der Waals surface area contributed by atoms with Crippen LogP contribution in [-0.4, -0.2) is 44.4 Å². The van der Waals surface area contributed by atoms with Crippen LogP contribution in [0.3, 0.4) is 0 Å². The van der Waals surface area contributed by atoms with Crippen LogP contribution in [0.15, 0.2) is 29.5 Å². The maximum atomic E-state index is 5.24. The number of nitrogens with one attached hydrogen (secondary N) is 2. The summed E-state index contributed by atoms with van der Waals surface area (Å²) in [6.45, 7) is 3.66. The van der Waals surface area contributed by atoms with Gasteiger partial charge in [-0.3, -0.25) is 4.99 Å². The Hall–Kier alpha value is -0.760. The zero-order chi connectivity index (χ0) is 15.0. The molecule has 1 aromatic heterocycles. The fraction of sp³-hybridized carbons (Fsp3) is 0.688. The minimum absolute atomic E-state index is 0. The lowest BCUT2D eigenvalue weighted by atomic mass is 9.67. The van der Waals surface area contributed by atoms with Gasteiger partial charge in [-0.25, -0.2) is 0 Å². The number of rotatable bonds is 8. The number of methoxy groups -OCH3 is 1. The first-order chi connectivity index (χ1) is 10.3. The molecule has 1 saturated carbocycles. The molecular weight excluding hydrogens is 391 g/mol. The van der Waals surface area contributed by atoms with Gasteiger partial charge < -0.3 is 19.9 Å². The van der Waals surface area contributed by atoms with E-state index < -0.39 is 0 Å². The Labute approximate surface area is 150 Å². The molecule has 1 heterocycles. The molecule has 0 aliphatic heterocycles. The number of aromatic nitrogens is 1. The first kappa shape index (κ1) is 19.3. The molecule has 1 fully saturated rings. The summed E-state index contributed by atoms with van der Waals surface area (Å²) in [5, 5.41) is 6.85. The Morgan fingerprint density at radius 2 is 2.00 bits per heavy atom. The van der Waals surface area contributed by atoms with Crippen molar-refractivity contribution < 1.29 is 4.74 Å². The van der Waals surface area contributed by atoms with Gasteiger partial charge in [-0.05, 0) is 36.8 Å². The number of nitrogens with zero attached hydrogens (tertiary/aromatic N) is 2. The standard InChI is InChI=1S/C16H28N4O.HI/c1-17-15(18-9-12-20-10-3-4-11-20)19-14-16(6-5-7-16)8-13-21-2;/h3-4,10-11H,5-9,12-14H2,1-2H3,(H2,17,18,19);1H. The van der Waals surface area contributed by atoms with Gasteiger partial charge in [0.15, 0.2) is 5.96 Å². The van der Waals surface area contributed by atoms with Gasteiger partial charge in [-0.1, -0.05) is 6.42 Å². The summed E-state index contributed by atoms with van der Waals surface area (Å²) in [6.07, 6.45) is 9.22. The van der Waals surface area contributed by atoms with Crippen molar-refractivity contribution in [2.45, 2.75) is 32.2 Å². The first-order valence-corrected chi connectivity index (χ1v) is 7.82. The van der Waals surface area contributed by atoms with Crippen LogP contribution >= 0.6 is 24.0 Å². The van der Waals surface area contributed by atoms with Gasteiger partial charge in [0.1, 0.15) is 0 Å². The summed E-state index contributed by atoms with van der Waals surface area (Å²) >= 11 is 0. The molecule has 0 amide bonds. The van der Waals surface area contributed by atoms with Crippen molar-refractivity contribution >= 4 is 29.9 Å². The quantitative estimate of drug-likeness (QED) is 0.386. The van der Waals surface area contributed by atoms with Crippen molar-refractivity contribution in [3.8, 4) is 0 Å². The van der Waals surface area contributed by atoms with E-state index in [1.807, 2.05) is 19.2 Å². The molecular formula is C16H29IN4O. The summed E-state index contributed by atoms with van der Waals surface area (Å²) < 4.78 is 7.40. The Kier molecular flexibility index (Phi) is 8.85. The molecule has 0 aromatic carbocycles. The van der Waals surface area contributed by atoms with E-state index in [-0.39, 0.29) is 24.0 Å². The van der Waals surface area contributed by atoms with Crippen LogP contribution in [0, 0.1) is 5.41 Å². The maximum absolute atomic E-state index is 5.24. The van der Waals surface area contributed by atoms with E-state index in [9.17, 15) is 0 Å². The van der Waals surface area contributed by atoms with Gasteiger partial charge in [-0.15, -0.1) is 24.0 Å². The number of ether oxygens (including phenoxy) is 1. The smallest absolute Gasteiger partial charge is 0.191 e. The van der Waals surface area contributed by atoms with Crippen LogP contribution in [-0.2, 0) is 11.3 Å². The normalized spacial score (nSPS) is 16.5. The average molecular weight is 420 g/mol. The SMILES string of the molecule is CN=C(NCCn1cccc1)NCC1(CCOC)CCC1.I. The molecule has 0 atom stereocenters. The number of hydrogen-bond acceptors (Lipinski definition) is 2. The second-order valence-corrected chi connectivity index (χ2v) is 5.87. The third kappa shape index (κ3) is 5.79. The predicted molar refractivity (Wildman–Crippen MR) is 102 cm³/mol. The topological polar surface area (TPSA) is 50.6 Å². The summed E-state index contributed by atoms with van der Waals surface area (Å²) in [4.78, 5) is 4.30. The van der Waals surface area contributed by atoms with Crippen LogP contribution in [0.4, 0.5) is 0 Å².